The van der Waals surface area contributed by atoms with Gasteiger partial charge in [-0.25, -0.2) is 4.79 Å². The molecular formula is C20H32N2O8Si. The zero-order valence-electron chi connectivity index (χ0n) is 19.0. The monoisotopic (exact) mass is 456 g/mol. The zero-order valence-corrected chi connectivity index (χ0v) is 20.0. The maximum absolute atomic E-state index is 13.5. The number of ketones is 2. The maximum atomic E-state index is 13.5. The predicted molar refractivity (Wildman–Crippen MR) is 114 cm³/mol. The van der Waals surface area contributed by atoms with Crippen molar-refractivity contribution in [3.63, 3.8) is 0 Å². The molecule has 1 saturated heterocycles. The highest BCUT2D eigenvalue weighted by Crippen LogP contribution is 2.60. The molecule has 1 fully saturated rings. The first-order valence-electron chi connectivity index (χ1n) is 10.1. The highest BCUT2D eigenvalue weighted by atomic mass is 28.3. The van der Waals surface area contributed by atoms with Crippen LogP contribution in [0.4, 0.5) is 0 Å². The summed E-state index contributed by atoms with van der Waals surface area (Å²) in [6, 6.07) is 0.973. The Balaban J connectivity index is 3.21. The standard InChI is InChI=1S/C20H32N2O8Si/c1-8-13(25)19(22-10-9-15(26)21-16(22)27)20(29,31(6,7)17(3,4)5)18(28,12(2)24)14(11-23)30-19/h9-10,14,23,28-29H,8,11H2,1-7H3,(H,21,26,27)/t14-,18-,19-,20+/m1/s1. The van der Waals surface area contributed by atoms with Crippen LogP contribution in [-0.4, -0.2) is 68.0 Å². The van der Waals surface area contributed by atoms with Crippen LogP contribution >= 0.6 is 0 Å². The molecule has 4 N–H and O–H groups in total. The van der Waals surface area contributed by atoms with Gasteiger partial charge in [-0.15, -0.1) is 0 Å². The normalized spacial score (nSPS) is 31.6. The van der Waals surface area contributed by atoms with Crippen LogP contribution in [0.3, 0.4) is 0 Å². The minimum atomic E-state index is -3.41. The second kappa shape index (κ2) is 7.59. The van der Waals surface area contributed by atoms with Crippen molar-refractivity contribution >= 4 is 19.6 Å². The summed E-state index contributed by atoms with van der Waals surface area (Å²) in [5, 5.41) is 30.9. The van der Waals surface area contributed by atoms with Crippen molar-refractivity contribution in [2.24, 2.45) is 0 Å². The molecule has 10 nitrogen and oxygen atoms in total. The number of nitrogens with one attached hydrogen (secondary N) is 1. The zero-order chi connectivity index (χ0) is 24.2. The molecule has 1 aromatic rings. The van der Waals surface area contributed by atoms with Gasteiger partial charge in [-0.1, -0.05) is 40.8 Å². The van der Waals surface area contributed by atoms with E-state index >= 15 is 0 Å². The number of Topliss-reactive ketones (excluding diaryl/α,β-unsaturated/α-hetero) is 2. The fraction of sp³-hybridized carbons (Fsp3) is 0.700. The van der Waals surface area contributed by atoms with E-state index in [1.165, 1.54) is 6.92 Å². The van der Waals surface area contributed by atoms with Crippen LogP contribution in [0.5, 0.6) is 0 Å². The Labute approximate surface area is 180 Å². The first-order chi connectivity index (χ1) is 14.0. The fourth-order valence-corrected chi connectivity index (χ4v) is 8.04. The number of aliphatic hydroxyl groups is 3. The molecule has 0 bridgehead atoms. The van der Waals surface area contributed by atoms with E-state index in [-0.39, 0.29) is 6.42 Å². The SMILES string of the molecule is CCC(=O)[C@@]1(n2ccc(=O)[nH]c2=O)O[C@H](CO)[C@](O)(C(C)=O)[C@]1(O)[Si](C)(C)C(C)(C)C. The van der Waals surface area contributed by atoms with E-state index in [9.17, 15) is 34.5 Å². The first-order valence-corrected chi connectivity index (χ1v) is 13.1. The van der Waals surface area contributed by atoms with Crippen LogP contribution in [0.15, 0.2) is 21.9 Å². The van der Waals surface area contributed by atoms with E-state index in [0.29, 0.717) is 0 Å². The lowest BCUT2D eigenvalue weighted by Crippen LogP contribution is -2.82. The number of nitrogens with zero attached hydrogens (tertiary/aromatic N) is 1. The van der Waals surface area contributed by atoms with Gasteiger partial charge in [-0.2, -0.15) is 0 Å². The summed E-state index contributed by atoms with van der Waals surface area (Å²) in [6.07, 6.45) is -0.930. The van der Waals surface area contributed by atoms with E-state index in [4.69, 9.17) is 4.74 Å². The third-order valence-corrected chi connectivity index (χ3v) is 13.4. The number of hydrogen-bond donors (Lipinski definition) is 4. The molecule has 0 spiro atoms. The second-order valence-corrected chi connectivity index (χ2v) is 15.1. The van der Waals surface area contributed by atoms with Crippen LogP contribution in [0.1, 0.15) is 41.0 Å². The number of aromatic nitrogens is 2. The lowest BCUT2D eigenvalue weighted by Gasteiger charge is -2.57. The van der Waals surface area contributed by atoms with E-state index in [1.54, 1.807) is 33.9 Å². The van der Waals surface area contributed by atoms with Gasteiger partial charge in [0.2, 0.25) is 5.72 Å². The molecule has 1 aliphatic rings. The Morgan fingerprint density at radius 3 is 2.19 bits per heavy atom. The summed E-state index contributed by atoms with van der Waals surface area (Å²) in [7, 11) is -3.41. The second-order valence-electron chi connectivity index (χ2n) is 9.60. The van der Waals surface area contributed by atoms with Gasteiger partial charge >= 0.3 is 5.69 Å². The number of ether oxygens (including phenoxy) is 1. The lowest BCUT2D eigenvalue weighted by atomic mass is 9.81. The topological polar surface area (TPSA) is 159 Å². The molecule has 0 saturated carbocycles. The number of hydrogen-bond acceptors (Lipinski definition) is 8. The average Bonchev–Trinajstić information content (AvgIpc) is 2.88. The van der Waals surface area contributed by atoms with Crippen molar-refractivity contribution in [2.45, 2.75) is 81.8 Å². The van der Waals surface area contributed by atoms with E-state index in [2.05, 4.69) is 0 Å². The fourth-order valence-electron chi connectivity index (χ4n) is 4.50. The van der Waals surface area contributed by atoms with Crippen molar-refractivity contribution in [2.75, 3.05) is 6.61 Å². The smallest absolute Gasteiger partial charge is 0.331 e. The average molecular weight is 457 g/mol. The summed E-state index contributed by atoms with van der Waals surface area (Å²) in [4.78, 5) is 52.9. The van der Waals surface area contributed by atoms with Crippen LogP contribution in [-0.2, 0) is 20.1 Å². The number of carbonyl (C=O) groups excluding carboxylic acids is 2. The number of H-pyrrole nitrogens is 1. The van der Waals surface area contributed by atoms with E-state index in [0.717, 1.165) is 23.8 Å². The molecule has 174 valence electrons. The van der Waals surface area contributed by atoms with Crippen LogP contribution < -0.4 is 11.2 Å². The summed E-state index contributed by atoms with van der Waals surface area (Å²) < 4.78 is 6.61. The minimum Gasteiger partial charge on any atom is -0.394 e. The minimum absolute atomic E-state index is 0.228. The molecule has 2 heterocycles. The van der Waals surface area contributed by atoms with Crippen LogP contribution in [0, 0.1) is 0 Å². The number of aliphatic hydroxyl groups excluding tert-OH is 1. The molecule has 11 heteroatoms. The third kappa shape index (κ3) is 2.98. The number of aromatic amines is 1. The Morgan fingerprint density at radius 2 is 1.81 bits per heavy atom. The molecule has 1 aromatic heterocycles. The van der Waals surface area contributed by atoms with Gasteiger partial charge in [0.05, 0.1) is 6.61 Å². The highest BCUT2D eigenvalue weighted by molar-refractivity contribution is 6.84. The van der Waals surface area contributed by atoms with Crippen molar-refractivity contribution in [3.05, 3.63) is 33.1 Å². The molecule has 4 atom stereocenters. The van der Waals surface area contributed by atoms with Gasteiger partial charge in [-0.05, 0) is 12.0 Å². The predicted octanol–water partition coefficient (Wildman–Crippen LogP) is -0.341. The van der Waals surface area contributed by atoms with Crippen molar-refractivity contribution in [3.8, 4) is 0 Å². The van der Waals surface area contributed by atoms with Crippen LogP contribution in [0.25, 0.3) is 0 Å². The molecule has 2 rings (SSSR count). The van der Waals surface area contributed by atoms with Gasteiger partial charge in [0, 0.05) is 18.7 Å². The van der Waals surface area contributed by atoms with Gasteiger partial charge in [0.1, 0.15) is 19.4 Å². The Hall–Kier alpha value is -1.92. The lowest BCUT2D eigenvalue weighted by molar-refractivity contribution is -0.188. The van der Waals surface area contributed by atoms with E-state index in [1.807, 2.05) is 4.98 Å². The summed E-state index contributed by atoms with van der Waals surface area (Å²) in [6.45, 7) is 10.4. The molecule has 0 radical (unpaired) electrons. The quantitative estimate of drug-likeness (QED) is 0.423. The van der Waals surface area contributed by atoms with Crippen LogP contribution in [0.2, 0.25) is 18.1 Å². The molecule has 1 aliphatic heterocycles. The van der Waals surface area contributed by atoms with Gasteiger partial charge in [-0.3, -0.25) is 23.9 Å². The van der Waals surface area contributed by atoms with Crippen molar-refractivity contribution < 1.29 is 29.6 Å². The molecular weight excluding hydrogens is 424 g/mol. The van der Waals surface area contributed by atoms with Crippen molar-refractivity contribution in [1.82, 2.24) is 9.55 Å². The molecule has 0 amide bonds. The Bertz CT molecular complexity index is 1010. The highest BCUT2D eigenvalue weighted by Gasteiger charge is 2.84. The van der Waals surface area contributed by atoms with Crippen molar-refractivity contribution in [1.29, 1.82) is 0 Å². The third-order valence-electron chi connectivity index (χ3n) is 7.17. The molecule has 0 unspecified atom stereocenters. The summed E-state index contributed by atoms with van der Waals surface area (Å²) in [5.74, 6) is -1.70. The van der Waals surface area contributed by atoms with E-state index < -0.39 is 65.2 Å². The Kier molecular flexibility index (Phi) is 6.20. The van der Waals surface area contributed by atoms with Gasteiger partial charge in [0.25, 0.3) is 5.56 Å². The molecule has 31 heavy (non-hydrogen) atoms. The number of rotatable bonds is 6. The van der Waals surface area contributed by atoms with Gasteiger partial charge in [0.15, 0.2) is 17.2 Å². The largest absolute Gasteiger partial charge is 0.394 e. The first kappa shape index (κ1) is 25.3. The molecule has 0 aromatic carbocycles. The Morgan fingerprint density at radius 1 is 1.26 bits per heavy atom. The number of carbonyl (C=O) groups is 2. The summed E-state index contributed by atoms with van der Waals surface area (Å²) in [5.41, 5.74) is -7.06. The molecule has 0 aliphatic carbocycles. The maximum Gasteiger partial charge on any atom is 0.331 e. The summed E-state index contributed by atoms with van der Waals surface area (Å²) >= 11 is 0. The van der Waals surface area contributed by atoms with Gasteiger partial charge < -0.3 is 20.1 Å².